The summed E-state index contributed by atoms with van der Waals surface area (Å²) in [6.07, 6.45) is -0.273. The highest BCUT2D eigenvalue weighted by Crippen LogP contribution is 2.23. The molecule has 1 saturated heterocycles. The van der Waals surface area contributed by atoms with Crippen LogP contribution in [0.1, 0.15) is 70.9 Å². The standard InChI is InChI=1S/C37H47N7O9.C2H4O2/c1-22-18-31(46)52-29-19-24(14-15-25(22)29)41-32(47)26(12-8-16-40-35(38)39)42-33(48)28-13-9-17-44(28)34(49)27(43-36(50)53-37(2,3)4)20-30(45)51-21-23-10-6-5-7-11-23;1-2(3)4/h5-7,10-11,14-15,18-19,26-28H,8-9,12-13,16-17,20-21H2,1-4H3,(H,41,47)(H,42,48)(H,43,50)(H4,38,39,40);1H3,(H,3,4)/t26-,27-,28-;/m0./s1. The number of guanidine groups is 1. The normalized spacial score (nSPS) is 14.5. The Morgan fingerprint density at radius 2 is 1.70 bits per heavy atom. The number of alkyl carbamates (subject to hydrolysis) is 1. The minimum Gasteiger partial charge on any atom is -0.481 e. The molecular formula is C39H51N7O11. The van der Waals surface area contributed by atoms with Crippen LogP contribution in [0.3, 0.4) is 0 Å². The van der Waals surface area contributed by atoms with Gasteiger partial charge in [0, 0.05) is 43.2 Å². The number of carbonyl (C=O) groups excluding carboxylic acids is 5. The number of anilines is 1. The predicted molar refractivity (Wildman–Crippen MR) is 210 cm³/mol. The molecule has 1 aliphatic rings. The second-order valence-electron chi connectivity index (χ2n) is 14.2. The Hall–Kier alpha value is -6.46. The third-order valence-corrected chi connectivity index (χ3v) is 8.24. The Morgan fingerprint density at radius 3 is 2.35 bits per heavy atom. The average Bonchev–Trinajstić information content (AvgIpc) is 3.61. The number of aliphatic carboxylic acids is 1. The number of fused-ring (bicyclic) bond motifs is 1. The molecule has 0 aliphatic carbocycles. The summed E-state index contributed by atoms with van der Waals surface area (Å²) in [5.74, 6) is -3.57. The first-order valence-corrected chi connectivity index (χ1v) is 18.2. The molecule has 57 heavy (non-hydrogen) atoms. The largest absolute Gasteiger partial charge is 0.481 e. The van der Waals surface area contributed by atoms with Crippen LogP contribution in [0.15, 0.2) is 68.8 Å². The van der Waals surface area contributed by atoms with E-state index in [0.29, 0.717) is 29.5 Å². The van der Waals surface area contributed by atoms with E-state index in [2.05, 4.69) is 20.9 Å². The fraction of sp³-hybridized carbons (Fsp3) is 0.436. The molecule has 1 aromatic heterocycles. The van der Waals surface area contributed by atoms with Gasteiger partial charge in [0.15, 0.2) is 5.96 Å². The minimum absolute atomic E-state index is 0.0400. The van der Waals surface area contributed by atoms with Crippen molar-refractivity contribution in [1.29, 1.82) is 0 Å². The van der Waals surface area contributed by atoms with E-state index in [1.165, 1.54) is 17.0 Å². The zero-order valence-electron chi connectivity index (χ0n) is 32.7. The second kappa shape index (κ2) is 21.0. The van der Waals surface area contributed by atoms with Crippen molar-refractivity contribution < 1.29 is 47.8 Å². The Labute approximate surface area is 329 Å². The molecule has 1 aliphatic heterocycles. The number of likely N-dealkylation sites (tertiary alicyclic amines) is 1. The summed E-state index contributed by atoms with van der Waals surface area (Å²) in [7, 11) is 0. The smallest absolute Gasteiger partial charge is 0.408 e. The van der Waals surface area contributed by atoms with Gasteiger partial charge in [-0.3, -0.25) is 29.0 Å². The molecule has 0 saturated carbocycles. The van der Waals surface area contributed by atoms with Gasteiger partial charge in [0.1, 0.15) is 35.9 Å². The first-order valence-electron chi connectivity index (χ1n) is 18.2. The molecule has 1 fully saturated rings. The summed E-state index contributed by atoms with van der Waals surface area (Å²) in [5, 5.41) is 16.1. The lowest BCUT2D eigenvalue weighted by Crippen LogP contribution is -2.56. The summed E-state index contributed by atoms with van der Waals surface area (Å²) < 4.78 is 16.0. The number of aryl methyl sites for hydroxylation is 1. The van der Waals surface area contributed by atoms with Crippen LogP contribution in [0.25, 0.3) is 11.0 Å². The number of aliphatic imine (C=N–C) groups is 1. The SMILES string of the molecule is CC(=O)O.Cc1cc(=O)oc2cc(NC(=O)[C@H](CCCN=C(N)N)NC(=O)[C@@H]3CCCN3C(=O)[C@H](CC(=O)OCc3ccccc3)NC(=O)OC(C)(C)C)ccc12. The minimum atomic E-state index is -1.41. The van der Waals surface area contributed by atoms with Gasteiger partial charge in [-0.05, 0) is 76.6 Å². The Morgan fingerprint density at radius 1 is 1.02 bits per heavy atom. The van der Waals surface area contributed by atoms with Crippen LogP contribution in [0, 0.1) is 6.92 Å². The third-order valence-electron chi connectivity index (χ3n) is 8.24. The quantitative estimate of drug-likeness (QED) is 0.0451. The second-order valence-corrected chi connectivity index (χ2v) is 14.2. The van der Waals surface area contributed by atoms with E-state index in [4.69, 9.17) is 35.3 Å². The summed E-state index contributed by atoms with van der Waals surface area (Å²) in [4.78, 5) is 93.3. The number of nitrogens with one attached hydrogen (secondary N) is 3. The van der Waals surface area contributed by atoms with E-state index in [0.717, 1.165) is 12.5 Å². The van der Waals surface area contributed by atoms with Gasteiger partial charge >= 0.3 is 17.7 Å². The van der Waals surface area contributed by atoms with E-state index >= 15 is 0 Å². The van der Waals surface area contributed by atoms with Crippen molar-refractivity contribution in [2.75, 3.05) is 18.4 Å². The Bertz CT molecular complexity index is 1990. The summed E-state index contributed by atoms with van der Waals surface area (Å²) in [6, 6.07) is 11.7. The van der Waals surface area contributed by atoms with E-state index in [9.17, 15) is 28.8 Å². The van der Waals surface area contributed by atoms with E-state index in [1.807, 2.05) is 6.07 Å². The number of benzene rings is 2. The van der Waals surface area contributed by atoms with Crippen molar-refractivity contribution in [3.63, 3.8) is 0 Å². The maximum Gasteiger partial charge on any atom is 0.408 e. The third kappa shape index (κ3) is 15.3. The van der Waals surface area contributed by atoms with Crippen LogP contribution in [-0.2, 0) is 40.1 Å². The van der Waals surface area contributed by atoms with Crippen LogP contribution in [-0.4, -0.2) is 88.5 Å². The number of carboxylic acids is 1. The number of carbonyl (C=O) groups is 6. The van der Waals surface area contributed by atoms with Crippen molar-refractivity contribution >= 4 is 58.4 Å². The predicted octanol–water partition coefficient (Wildman–Crippen LogP) is 2.69. The maximum absolute atomic E-state index is 14.0. The zero-order chi connectivity index (χ0) is 42.3. The first kappa shape index (κ1) is 44.9. The first-order chi connectivity index (χ1) is 26.8. The van der Waals surface area contributed by atoms with Gasteiger partial charge in [0.25, 0.3) is 5.97 Å². The molecule has 0 radical (unpaired) electrons. The number of ether oxygens (including phenoxy) is 2. The van der Waals surface area contributed by atoms with Crippen molar-refractivity contribution in [1.82, 2.24) is 15.5 Å². The highest BCUT2D eigenvalue weighted by Gasteiger charge is 2.40. The highest BCUT2D eigenvalue weighted by atomic mass is 16.6. The molecule has 4 rings (SSSR count). The zero-order valence-corrected chi connectivity index (χ0v) is 32.7. The van der Waals surface area contributed by atoms with Crippen LogP contribution < -0.4 is 33.0 Å². The van der Waals surface area contributed by atoms with Gasteiger partial charge in [0.05, 0.1) is 6.42 Å². The van der Waals surface area contributed by atoms with Gasteiger partial charge in [-0.25, -0.2) is 9.59 Å². The van der Waals surface area contributed by atoms with Crippen LogP contribution >= 0.6 is 0 Å². The fourth-order valence-corrected chi connectivity index (χ4v) is 5.79. The number of amides is 4. The number of rotatable bonds is 14. The van der Waals surface area contributed by atoms with Crippen LogP contribution in [0.5, 0.6) is 0 Å². The number of nitrogens with two attached hydrogens (primary N) is 2. The monoisotopic (exact) mass is 793 g/mol. The molecule has 0 unspecified atom stereocenters. The molecule has 18 heteroatoms. The van der Waals surface area contributed by atoms with Crippen LogP contribution in [0.4, 0.5) is 10.5 Å². The van der Waals surface area contributed by atoms with E-state index < -0.39 is 71.5 Å². The number of hydrogen-bond acceptors (Lipinski definition) is 11. The number of esters is 1. The van der Waals surface area contributed by atoms with E-state index in [1.54, 1.807) is 64.1 Å². The molecule has 308 valence electrons. The fourth-order valence-electron chi connectivity index (χ4n) is 5.79. The van der Waals surface area contributed by atoms with Crippen molar-refractivity contribution in [2.45, 2.75) is 97.1 Å². The molecule has 3 aromatic rings. The molecule has 8 N–H and O–H groups in total. The molecule has 18 nitrogen and oxygen atoms in total. The molecule has 0 spiro atoms. The summed E-state index contributed by atoms with van der Waals surface area (Å²) in [5.41, 5.74) is 11.5. The Balaban J connectivity index is 0.00000207. The summed E-state index contributed by atoms with van der Waals surface area (Å²) in [6.45, 7) is 8.12. The van der Waals surface area contributed by atoms with Crippen LogP contribution in [0.2, 0.25) is 0 Å². The number of nitrogens with zero attached hydrogens (tertiary/aromatic N) is 2. The van der Waals surface area contributed by atoms with Gasteiger partial charge < -0.3 is 51.3 Å². The number of hydrogen-bond donors (Lipinski definition) is 6. The molecule has 2 heterocycles. The van der Waals surface area contributed by atoms with Gasteiger partial charge in [-0.15, -0.1) is 0 Å². The Kier molecular flexibility index (Phi) is 16.6. The molecular weight excluding hydrogens is 742 g/mol. The van der Waals surface area contributed by atoms with Crippen molar-refractivity contribution in [2.24, 2.45) is 16.5 Å². The van der Waals surface area contributed by atoms with Crippen molar-refractivity contribution in [3.8, 4) is 0 Å². The topological polar surface area (TPSA) is 275 Å². The molecule has 3 atom stereocenters. The molecule has 4 amide bonds. The van der Waals surface area contributed by atoms with Gasteiger partial charge in [0.2, 0.25) is 17.7 Å². The lowest BCUT2D eigenvalue weighted by molar-refractivity contribution is -0.149. The lowest BCUT2D eigenvalue weighted by Gasteiger charge is -2.30. The highest BCUT2D eigenvalue weighted by molar-refractivity contribution is 6.00. The molecule has 2 aromatic carbocycles. The van der Waals surface area contributed by atoms with Crippen molar-refractivity contribution in [3.05, 3.63) is 76.1 Å². The lowest BCUT2D eigenvalue weighted by atomic mass is 10.1. The maximum atomic E-state index is 14.0. The molecule has 0 bridgehead atoms. The summed E-state index contributed by atoms with van der Waals surface area (Å²) >= 11 is 0. The average molecular weight is 794 g/mol. The number of carboxylic acid groups (broad SMARTS) is 1. The van der Waals surface area contributed by atoms with Gasteiger partial charge in [-0.2, -0.15) is 0 Å². The van der Waals surface area contributed by atoms with Gasteiger partial charge in [-0.1, -0.05) is 30.3 Å². The van der Waals surface area contributed by atoms with E-state index in [-0.39, 0.29) is 44.1 Å².